The molecule has 7 rings (SSSR count). The second-order valence-electron chi connectivity index (χ2n) is 20.2. The summed E-state index contributed by atoms with van der Waals surface area (Å²) >= 11 is 0. The van der Waals surface area contributed by atoms with E-state index >= 15 is 0 Å². The Morgan fingerprint density at radius 1 is 0.288 bits per heavy atom. The van der Waals surface area contributed by atoms with E-state index in [4.69, 9.17) is 0 Å². The average Bonchev–Trinajstić information content (AvgIpc) is 3.18. The second kappa shape index (κ2) is 19.5. The van der Waals surface area contributed by atoms with Crippen LogP contribution in [0.5, 0.6) is 0 Å². The third-order valence-electron chi connectivity index (χ3n) is 16.4. The predicted octanol–water partition coefficient (Wildman–Crippen LogP) is 11.4. The Balaban J connectivity index is 0.825. The quantitative estimate of drug-likeness (QED) is 0.221. The Bertz CT molecular complexity index is 936. The Hall–Kier alpha value is -0.680. The van der Waals surface area contributed by atoms with Gasteiger partial charge in [-0.15, -0.1) is 0 Å². The molecule has 2 N–H and O–H groups in total. The topological polar surface area (TPSA) is 46.9 Å². The number of aliphatic hydroxyl groups is 2. The maximum absolute atomic E-state index is 10.2. The van der Waals surface area contributed by atoms with Gasteiger partial charge >= 0.3 is 0 Å². The van der Waals surface area contributed by atoms with Crippen molar-refractivity contribution in [1.29, 1.82) is 0 Å². The predicted molar refractivity (Wildman–Crippen MR) is 218 cm³/mol. The van der Waals surface area contributed by atoms with Crippen LogP contribution in [-0.4, -0.2) is 68.5 Å². The van der Waals surface area contributed by atoms with E-state index in [1.165, 1.54) is 154 Å². The van der Waals surface area contributed by atoms with Crippen LogP contribution in [0.3, 0.4) is 0 Å². The van der Waals surface area contributed by atoms with E-state index in [1.807, 2.05) is 0 Å². The van der Waals surface area contributed by atoms with E-state index in [2.05, 4.69) is 48.0 Å². The molecule has 4 nitrogen and oxygen atoms in total. The lowest BCUT2D eigenvalue weighted by atomic mass is 9.77. The first-order valence-electron chi connectivity index (χ1n) is 23.7. The molecule has 0 aromatic carbocycles. The molecule has 0 aromatic rings. The van der Waals surface area contributed by atoms with Crippen LogP contribution in [-0.2, 0) is 0 Å². The van der Waals surface area contributed by atoms with Crippen molar-refractivity contribution in [3.8, 4) is 0 Å². The molecular formula is C48H82N2O2. The first-order valence-corrected chi connectivity index (χ1v) is 23.7. The molecule has 7 aliphatic rings. The Morgan fingerprint density at radius 2 is 0.481 bits per heavy atom. The number of hydrogen-bond acceptors (Lipinski definition) is 4. The fourth-order valence-corrected chi connectivity index (χ4v) is 12.9. The van der Waals surface area contributed by atoms with E-state index in [0.717, 1.165) is 97.4 Å². The molecule has 0 unspecified atom stereocenters. The lowest BCUT2D eigenvalue weighted by Crippen LogP contribution is -2.53. The van der Waals surface area contributed by atoms with Crippen LogP contribution in [0.1, 0.15) is 194 Å². The van der Waals surface area contributed by atoms with Crippen molar-refractivity contribution in [1.82, 2.24) is 9.80 Å². The van der Waals surface area contributed by atoms with Crippen LogP contribution in [0.15, 0.2) is 24.3 Å². The highest BCUT2D eigenvalue weighted by Gasteiger charge is 2.39. The van der Waals surface area contributed by atoms with Crippen molar-refractivity contribution in [3.05, 3.63) is 24.3 Å². The average molecular weight is 719 g/mol. The summed E-state index contributed by atoms with van der Waals surface area (Å²) in [6.07, 6.45) is 47.5. The molecule has 0 aromatic heterocycles. The normalized spacial score (nSPS) is 44.5. The number of rotatable bonds is 10. The molecule has 0 spiro atoms. The van der Waals surface area contributed by atoms with E-state index in [9.17, 15) is 10.2 Å². The minimum atomic E-state index is -0.0445. The number of nitrogens with zero attached hydrogens (tertiary/aromatic N) is 2. The monoisotopic (exact) mass is 719 g/mol. The van der Waals surface area contributed by atoms with Gasteiger partial charge in [0.1, 0.15) is 0 Å². The zero-order valence-electron chi connectivity index (χ0n) is 34.0. The van der Waals surface area contributed by atoms with Gasteiger partial charge in [-0.2, -0.15) is 0 Å². The molecule has 0 radical (unpaired) electrons. The van der Waals surface area contributed by atoms with Crippen molar-refractivity contribution in [2.75, 3.05) is 0 Å². The first-order chi connectivity index (χ1) is 25.4. The van der Waals surface area contributed by atoms with E-state index < -0.39 is 0 Å². The smallest absolute Gasteiger partial charge is 0.0541 e. The van der Waals surface area contributed by atoms with Gasteiger partial charge in [0.2, 0.25) is 0 Å². The van der Waals surface area contributed by atoms with Gasteiger partial charge in [0.25, 0.3) is 0 Å². The Morgan fingerprint density at radius 3 is 0.731 bits per heavy atom. The van der Waals surface area contributed by atoms with Gasteiger partial charge in [-0.25, -0.2) is 0 Å². The van der Waals surface area contributed by atoms with Gasteiger partial charge in [0.15, 0.2) is 0 Å². The summed E-state index contributed by atoms with van der Waals surface area (Å²) in [6, 6.07) is 4.62. The zero-order valence-corrected chi connectivity index (χ0v) is 34.0. The van der Waals surface area contributed by atoms with Crippen molar-refractivity contribution < 1.29 is 10.2 Å². The van der Waals surface area contributed by atoms with Crippen LogP contribution in [0.2, 0.25) is 0 Å². The molecule has 0 heterocycles. The molecule has 0 saturated heterocycles. The summed E-state index contributed by atoms with van der Waals surface area (Å²) in [5.41, 5.74) is 0. The lowest BCUT2D eigenvalue weighted by Gasteiger charge is -2.49. The number of hydrogen-bond donors (Lipinski definition) is 2. The summed E-state index contributed by atoms with van der Waals surface area (Å²) in [6.45, 7) is 4.92. The molecule has 7 saturated carbocycles. The van der Waals surface area contributed by atoms with Crippen LogP contribution < -0.4 is 0 Å². The molecule has 296 valence electrons. The third-order valence-corrected chi connectivity index (χ3v) is 16.4. The summed E-state index contributed by atoms with van der Waals surface area (Å²) in [7, 11) is 0. The Kier molecular flexibility index (Phi) is 14.8. The molecule has 0 atom stereocenters. The minimum absolute atomic E-state index is 0.0445. The molecule has 52 heavy (non-hydrogen) atoms. The molecule has 0 bridgehead atoms. The van der Waals surface area contributed by atoms with E-state index in [-0.39, 0.29) is 12.2 Å². The first kappa shape index (κ1) is 39.6. The standard InChI is InChI=1S/C48H82N2O2/c1-35-3-19-41(20-4-35)49(45-27-31-47(51)32-28-45)43-23-15-39(16-24-43)13-11-37-7-9-38(10-8-37)12-14-40-17-25-44(26-18-40)50(42-21-5-36(2)6-22-42)46-29-33-48(52)34-30-46/h11-14,35-48,51-52H,3-10,15-34H2,1-2H3. The zero-order chi connectivity index (χ0) is 35.9. The highest BCUT2D eigenvalue weighted by atomic mass is 16.3. The summed E-state index contributed by atoms with van der Waals surface area (Å²) < 4.78 is 0. The maximum Gasteiger partial charge on any atom is 0.0541 e. The van der Waals surface area contributed by atoms with Crippen molar-refractivity contribution in [2.24, 2.45) is 35.5 Å². The molecule has 7 aliphatic carbocycles. The lowest BCUT2D eigenvalue weighted by molar-refractivity contribution is -0.00578. The Labute approximate surface area is 321 Å². The third kappa shape index (κ3) is 10.8. The summed E-state index contributed by atoms with van der Waals surface area (Å²) in [5, 5.41) is 20.5. The van der Waals surface area contributed by atoms with Gasteiger partial charge in [0.05, 0.1) is 12.2 Å². The largest absolute Gasteiger partial charge is 0.393 e. The fraction of sp³-hybridized carbons (Fsp3) is 0.917. The number of aliphatic hydroxyl groups excluding tert-OH is 2. The summed E-state index contributed by atoms with van der Waals surface area (Å²) in [5.74, 6) is 5.04. The molecule has 4 heteroatoms. The van der Waals surface area contributed by atoms with E-state index in [0.29, 0.717) is 0 Å². The SMILES string of the molecule is CC1CCC(N(C2CCC(O)CC2)C2CCC(C=CC3CCC(C=CC4CCC(N(C5CCC(C)CC5)C5CCC(O)CC5)CC4)CC3)CC2)CC1. The number of allylic oxidation sites excluding steroid dienone is 4. The van der Waals surface area contributed by atoms with Gasteiger partial charge in [-0.3, -0.25) is 9.80 Å². The molecule has 0 amide bonds. The molecular weight excluding hydrogens is 637 g/mol. The molecule has 0 aliphatic heterocycles. The van der Waals surface area contributed by atoms with Gasteiger partial charge in [0, 0.05) is 36.3 Å². The van der Waals surface area contributed by atoms with Crippen molar-refractivity contribution in [3.63, 3.8) is 0 Å². The minimum Gasteiger partial charge on any atom is -0.393 e. The van der Waals surface area contributed by atoms with Crippen LogP contribution in [0, 0.1) is 35.5 Å². The van der Waals surface area contributed by atoms with Crippen LogP contribution in [0.25, 0.3) is 0 Å². The van der Waals surface area contributed by atoms with Gasteiger partial charge in [-0.1, -0.05) is 38.2 Å². The van der Waals surface area contributed by atoms with Gasteiger partial charge < -0.3 is 10.2 Å². The van der Waals surface area contributed by atoms with E-state index in [1.54, 1.807) is 0 Å². The van der Waals surface area contributed by atoms with Crippen molar-refractivity contribution >= 4 is 0 Å². The highest BCUT2D eigenvalue weighted by molar-refractivity contribution is 5.03. The highest BCUT2D eigenvalue weighted by Crippen LogP contribution is 2.41. The maximum atomic E-state index is 10.2. The van der Waals surface area contributed by atoms with Gasteiger partial charge in [-0.05, 0) is 215 Å². The fourth-order valence-electron chi connectivity index (χ4n) is 12.9. The second-order valence-corrected chi connectivity index (χ2v) is 20.2. The molecule has 7 fully saturated rings. The summed E-state index contributed by atoms with van der Waals surface area (Å²) in [4.78, 5) is 6.10. The van der Waals surface area contributed by atoms with Crippen molar-refractivity contribution in [2.45, 2.75) is 242 Å². The van der Waals surface area contributed by atoms with Crippen LogP contribution in [0.4, 0.5) is 0 Å². The van der Waals surface area contributed by atoms with Crippen LogP contribution >= 0.6 is 0 Å².